The van der Waals surface area contributed by atoms with Crippen LogP contribution in [0, 0.1) is 0 Å². The molecule has 0 atom stereocenters. The van der Waals surface area contributed by atoms with Crippen molar-refractivity contribution in [3.05, 3.63) is 41.7 Å². The second-order valence-electron chi connectivity index (χ2n) is 6.40. The molecule has 3 heterocycles. The molecule has 8 nitrogen and oxygen atoms in total. The molecule has 1 fully saturated rings. The van der Waals surface area contributed by atoms with Gasteiger partial charge in [0.25, 0.3) is 5.91 Å². The van der Waals surface area contributed by atoms with Gasteiger partial charge < -0.3 is 19.5 Å². The van der Waals surface area contributed by atoms with Crippen molar-refractivity contribution in [1.29, 1.82) is 0 Å². The van der Waals surface area contributed by atoms with Crippen molar-refractivity contribution in [3.63, 3.8) is 0 Å². The standard InChI is InChI=1S/C18H19N3O5/c22-17(12-1-2-15-16(9-12)26-8-7-25-15)20-5-3-14(4-6-20)21-11-13(10-19-21)18(23)24/h1-2,9-11,14H,3-8H2,(H,23,24). The number of hydrogen-bond donors (Lipinski definition) is 1. The molecule has 0 aliphatic carbocycles. The predicted molar refractivity (Wildman–Crippen MR) is 90.8 cm³/mol. The lowest BCUT2D eigenvalue weighted by molar-refractivity contribution is 0.0687. The van der Waals surface area contributed by atoms with Crippen molar-refractivity contribution in [2.75, 3.05) is 26.3 Å². The maximum Gasteiger partial charge on any atom is 0.338 e. The van der Waals surface area contributed by atoms with E-state index in [1.165, 1.54) is 6.20 Å². The summed E-state index contributed by atoms with van der Waals surface area (Å²) in [4.78, 5) is 25.5. The number of carboxylic acid groups (broad SMARTS) is 1. The van der Waals surface area contributed by atoms with E-state index < -0.39 is 5.97 Å². The first-order chi connectivity index (χ1) is 12.6. The second kappa shape index (κ2) is 6.70. The SMILES string of the molecule is O=C(O)c1cnn(C2CCN(C(=O)c3ccc4c(c3)OCCO4)CC2)c1. The third kappa shape index (κ3) is 3.10. The normalized spacial score (nSPS) is 17.2. The molecular weight excluding hydrogens is 338 g/mol. The Labute approximate surface area is 149 Å². The fourth-order valence-electron chi connectivity index (χ4n) is 3.34. The first kappa shape index (κ1) is 16.4. The average molecular weight is 357 g/mol. The Hall–Kier alpha value is -3.03. The van der Waals surface area contributed by atoms with E-state index in [4.69, 9.17) is 14.6 Å². The molecule has 0 unspecified atom stereocenters. The lowest BCUT2D eigenvalue weighted by atomic mass is 10.0. The van der Waals surface area contributed by atoms with E-state index in [0.717, 1.165) is 12.8 Å². The van der Waals surface area contributed by atoms with Gasteiger partial charge in [0.2, 0.25) is 0 Å². The molecule has 2 aliphatic rings. The van der Waals surface area contributed by atoms with Gasteiger partial charge in [0.1, 0.15) is 13.2 Å². The van der Waals surface area contributed by atoms with Crippen LogP contribution in [0.4, 0.5) is 0 Å². The van der Waals surface area contributed by atoms with Crippen molar-refractivity contribution in [2.45, 2.75) is 18.9 Å². The Bertz CT molecular complexity index is 839. The molecule has 1 N–H and O–H groups in total. The number of rotatable bonds is 3. The Kier molecular flexibility index (Phi) is 4.24. The maximum atomic E-state index is 12.8. The lowest BCUT2D eigenvalue weighted by Crippen LogP contribution is -2.39. The summed E-state index contributed by atoms with van der Waals surface area (Å²) in [6.07, 6.45) is 4.37. The Morgan fingerprint density at radius 2 is 1.81 bits per heavy atom. The highest BCUT2D eigenvalue weighted by Gasteiger charge is 2.26. The van der Waals surface area contributed by atoms with E-state index in [1.807, 2.05) is 4.90 Å². The molecule has 0 bridgehead atoms. The number of hydrogen-bond acceptors (Lipinski definition) is 5. The summed E-state index contributed by atoms with van der Waals surface area (Å²) >= 11 is 0. The van der Waals surface area contributed by atoms with Gasteiger partial charge >= 0.3 is 5.97 Å². The molecule has 1 aromatic carbocycles. The number of ether oxygens (including phenoxy) is 2. The maximum absolute atomic E-state index is 12.8. The molecule has 4 rings (SSSR count). The molecular formula is C18H19N3O5. The minimum atomic E-state index is -0.984. The van der Waals surface area contributed by atoms with E-state index in [2.05, 4.69) is 5.10 Å². The van der Waals surface area contributed by atoms with Crippen LogP contribution >= 0.6 is 0 Å². The van der Waals surface area contributed by atoms with Gasteiger partial charge in [-0.15, -0.1) is 0 Å². The molecule has 0 spiro atoms. The number of fused-ring (bicyclic) bond motifs is 1. The van der Waals surface area contributed by atoms with E-state index in [0.29, 0.717) is 43.4 Å². The van der Waals surface area contributed by atoms with Crippen LogP contribution in [0.5, 0.6) is 11.5 Å². The van der Waals surface area contributed by atoms with Crippen LogP contribution in [-0.2, 0) is 0 Å². The zero-order valence-electron chi connectivity index (χ0n) is 14.1. The van der Waals surface area contributed by atoms with Crippen molar-refractivity contribution >= 4 is 11.9 Å². The zero-order valence-corrected chi connectivity index (χ0v) is 14.1. The predicted octanol–water partition coefficient (Wildman–Crippen LogP) is 1.83. The fraction of sp³-hybridized carbons (Fsp3) is 0.389. The summed E-state index contributed by atoms with van der Waals surface area (Å²) < 4.78 is 12.7. The Morgan fingerprint density at radius 1 is 1.08 bits per heavy atom. The highest BCUT2D eigenvalue weighted by molar-refractivity contribution is 5.95. The largest absolute Gasteiger partial charge is 0.486 e. The van der Waals surface area contributed by atoms with Crippen LogP contribution < -0.4 is 9.47 Å². The van der Waals surface area contributed by atoms with E-state index >= 15 is 0 Å². The van der Waals surface area contributed by atoms with Gasteiger partial charge in [0, 0.05) is 24.8 Å². The third-order valence-electron chi connectivity index (χ3n) is 4.76. The Balaban J connectivity index is 1.41. The van der Waals surface area contributed by atoms with Gasteiger partial charge in [-0.05, 0) is 31.0 Å². The minimum absolute atomic E-state index is 0.0351. The van der Waals surface area contributed by atoms with Gasteiger partial charge in [0.05, 0.1) is 17.8 Å². The number of carbonyl (C=O) groups excluding carboxylic acids is 1. The van der Waals surface area contributed by atoms with Crippen LogP contribution in [0.25, 0.3) is 0 Å². The van der Waals surface area contributed by atoms with Gasteiger partial charge in [0.15, 0.2) is 11.5 Å². The van der Waals surface area contributed by atoms with E-state index in [1.54, 1.807) is 29.1 Å². The van der Waals surface area contributed by atoms with Crippen molar-refractivity contribution in [3.8, 4) is 11.5 Å². The molecule has 0 saturated carbocycles. The second-order valence-corrected chi connectivity index (χ2v) is 6.40. The van der Waals surface area contributed by atoms with Crippen LogP contribution in [0.1, 0.15) is 39.6 Å². The molecule has 26 heavy (non-hydrogen) atoms. The van der Waals surface area contributed by atoms with Crippen LogP contribution in [0.15, 0.2) is 30.6 Å². The summed E-state index contributed by atoms with van der Waals surface area (Å²) in [5.74, 6) is 0.253. The topological polar surface area (TPSA) is 93.9 Å². The number of amides is 1. The number of benzene rings is 1. The number of carboxylic acids is 1. The van der Waals surface area contributed by atoms with Crippen molar-refractivity contribution in [2.24, 2.45) is 0 Å². The first-order valence-corrected chi connectivity index (χ1v) is 8.58. The number of carbonyl (C=O) groups is 2. The number of aromatic nitrogens is 2. The highest BCUT2D eigenvalue weighted by Crippen LogP contribution is 2.32. The molecule has 2 aliphatic heterocycles. The summed E-state index contributed by atoms with van der Waals surface area (Å²) in [5.41, 5.74) is 0.764. The lowest BCUT2D eigenvalue weighted by Gasteiger charge is -2.32. The first-order valence-electron chi connectivity index (χ1n) is 8.58. The van der Waals surface area contributed by atoms with Crippen LogP contribution in [-0.4, -0.2) is 58.0 Å². The van der Waals surface area contributed by atoms with Crippen LogP contribution in [0.3, 0.4) is 0 Å². The summed E-state index contributed by atoms with van der Waals surface area (Å²) in [6.45, 7) is 2.20. The Morgan fingerprint density at radius 3 is 2.50 bits per heavy atom. The summed E-state index contributed by atoms with van der Waals surface area (Å²) in [7, 11) is 0. The fourth-order valence-corrected chi connectivity index (χ4v) is 3.34. The van der Waals surface area contributed by atoms with Crippen LogP contribution in [0.2, 0.25) is 0 Å². The number of piperidine rings is 1. The molecule has 1 amide bonds. The molecule has 0 radical (unpaired) electrons. The number of nitrogens with zero attached hydrogens (tertiary/aromatic N) is 3. The zero-order chi connectivity index (χ0) is 18.1. The average Bonchev–Trinajstić information content (AvgIpc) is 3.18. The third-order valence-corrected chi connectivity index (χ3v) is 4.76. The van der Waals surface area contributed by atoms with Gasteiger partial charge in [-0.3, -0.25) is 9.48 Å². The monoisotopic (exact) mass is 357 g/mol. The van der Waals surface area contributed by atoms with E-state index in [-0.39, 0.29) is 17.5 Å². The molecule has 8 heteroatoms. The number of aromatic carboxylic acids is 1. The minimum Gasteiger partial charge on any atom is -0.486 e. The van der Waals surface area contributed by atoms with Crippen molar-refractivity contribution in [1.82, 2.24) is 14.7 Å². The molecule has 136 valence electrons. The molecule has 2 aromatic rings. The van der Waals surface area contributed by atoms with Gasteiger partial charge in [-0.2, -0.15) is 5.10 Å². The van der Waals surface area contributed by atoms with Crippen molar-refractivity contribution < 1.29 is 24.2 Å². The van der Waals surface area contributed by atoms with Gasteiger partial charge in [-0.1, -0.05) is 0 Å². The molecule has 1 aromatic heterocycles. The quantitative estimate of drug-likeness (QED) is 0.901. The summed E-state index contributed by atoms with van der Waals surface area (Å²) in [6, 6.07) is 5.36. The smallest absolute Gasteiger partial charge is 0.338 e. The number of likely N-dealkylation sites (tertiary alicyclic amines) is 1. The summed E-state index contributed by atoms with van der Waals surface area (Å²) in [5, 5.41) is 13.1. The van der Waals surface area contributed by atoms with E-state index in [9.17, 15) is 9.59 Å². The van der Waals surface area contributed by atoms with Gasteiger partial charge in [-0.25, -0.2) is 4.79 Å². The highest BCUT2D eigenvalue weighted by atomic mass is 16.6. The molecule has 1 saturated heterocycles.